The lowest BCUT2D eigenvalue weighted by molar-refractivity contribution is -0.122. The quantitative estimate of drug-likeness (QED) is 0.844. The molecule has 1 aromatic carbocycles. The van der Waals surface area contributed by atoms with Crippen LogP contribution in [0.25, 0.3) is 0 Å². The van der Waals surface area contributed by atoms with Gasteiger partial charge in [0, 0.05) is 37.6 Å². The maximum atomic E-state index is 12.0. The average Bonchev–Trinajstić information content (AvgIpc) is 2.55. The van der Waals surface area contributed by atoms with Crippen molar-refractivity contribution >= 4 is 5.91 Å². The summed E-state index contributed by atoms with van der Waals surface area (Å²) in [4.78, 5) is 22.4. The van der Waals surface area contributed by atoms with Crippen molar-refractivity contribution in [2.45, 2.75) is 25.9 Å². The van der Waals surface area contributed by atoms with Crippen molar-refractivity contribution in [1.82, 2.24) is 20.2 Å². The third-order valence-corrected chi connectivity index (χ3v) is 3.60. The Morgan fingerprint density at radius 1 is 1.27 bits per heavy atom. The summed E-state index contributed by atoms with van der Waals surface area (Å²) in [6.07, 6.45) is 5.89. The molecule has 116 valence electrons. The maximum Gasteiger partial charge on any atom is 0.234 e. The van der Waals surface area contributed by atoms with E-state index in [-0.39, 0.29) is 11.9 Å². The Morgan fingerprint density at radius 3 is 2.73 bits per heavy atom. The second-order valence-corrected chi connectivity index (χ2v) is 5.43. The van der Waals surface area contributed by atoms with Crippen molar-refractivity contribution in [1.29, 1.82) is 0 Å². The minimum atomic E-state index is 0.0253. The molecular weight excluding hydrogens is 276 g/mol. The van der Waals surface area contributed by atoms with Crippen molar-refractivity contribution in [3.8, 4) is 0 Å². The Labute approximate surface area is 131 Å². The standard InChI is InChI=1S/C17H22N4O/c1-14(10-16-12-18-8-9-19-16)21(2)13-17(22)20-11-15-6-4-3-5-7-15/h3-9,12,14H,10-11,13H2,1-2H3,(H,20,22). The number of likely N-dealkylation sites (N-methyl/N-ethyl adjacent to an activating group) is 1. The predicted octanol–water partition coefficient (Wildman–Crippen LogP) is 1.66. The number of carbonyl (C=O) groups excluding carboxylic acids is 1. The molecule has 0 aliphatic rings. The van der Waals surface area contributed by atoms with Gasteiger partial charge in [-0.25, -0.2) is 0 Å². The Morgan fingerprint density at radius 2 is 2.05 bits per heavy atom. The highest BCUT2D eigenvalue weighted by atomic mass is 16.2. The fourth-order valence-electron chi connectivity index (χ4n) is 2.13. The first-order valence-corrected chi connectivity index (χ1v) is 7.41. The Bertz CT molecular complexity index is 574. The molecule has 1 amide bonds. The van der Waals surface area contributed by atoms with Crippen molar-refractivity contribution in [2.24, 2.45) is 0 Å². The Hall–Kier alpha value is -2.27. The van der Waals surface area contributed by atoms with E-state index in [1.807, 2.05) is 42.3 Å². The van der Waals surface area contributed by atoms with E-state index in [0.29, 0.717) is 13.1 Å². The summed E-state index contributed by atoms with van der Waals surface area (Å²) < 4.78 is 0. The molecule has 0 aliphatic heterocycles. The molecule has 1 unspecified atom stereocenters. The molecule has 2 rings (SSSR count). The first kappa shape index (κ1) is 16.1. The molecule has 0 fully saturated rings. The number of hydrogen-bond donors (Lipinski definition) is 1. The van der Waals surface area contributed by atoms with Gasteiger partial charge in [0.25, 0.3) is 0 Å². The van der Waals surface area contributed by atoms with Crippen LogP contribution in [0.15, 0.2) is 48.9 Å². The van der Waals surface area contributed by atoms with Crippen LogP contribution in [-0.2, 0) is 17.8 Å². The van der Waals surface area contributed by atoms with Crippen molar-refractivity contribution in [2.75, 3.05) is 13.6 Å². The van der Waals surface area contributed by atoms with Crippen LogP contribution in [0.4, 0.5) is 0 Å². The minimum Gasteiger partial charge on any atom is -0.351 e. The summed E-state index contributed by atoms with van der Waals surface area (Å²) >= 11 is 0. The number of aromatic nitrogens is 2. The third-order valence-electron chi connectivity index (χ3n) is 3.60. The smallest absolute Gasteiger partial charge is 0.234 e. The van der Waals surface area contributed by atoms with Crippen molar-refractivity contribution < 1.29 is 4.79 Å². The number of nitrogens with zero attached hydrogens (tertiary/aromatic N) is 3. The summed E-state index contributed by atoms with van der Waals surface area (Å²) in [6.45, 7) is 3.01. The van der Waals surface area contributed by atoms with Gasteiger partial charge in [0.1, 0.15) is 0 Å². The number of hydrogen-bond acceptors (Lipinski definition) is 4. The summed E-state index contributed by atoms with van der Waals surface area (Å²) in [5.74, 6) is 0.0253. The topological polar surface area (TPSA) is 58.1 Å². The number of amides is 1. The molecule has 1 heterocycles. The average molecular weight is 298 g/mol. The van der Waals surface area contributed by atoms with E-state index in [1.165, 1.54) is 0 Å². The normalized spacial score (nSPS) is 12.1. The van der Waals surface area contributed by atoms with Gasteiger partial charge in [0.15, 0.2) is 0 Å². The SMILES string of the molecule is CC(Cc1cnccn1)N(C)CC(=O)NCc1ccccc1. The maximum absolute atomic E-state index is 12.0. The first-order chi connectivity index (χ1) is 10.6. The van der Waals surface area contributed by atoms with Crippen LogP contribution >= 0.6 is 0 Å². The van der Waals surface area contributed by atoms with Gasteiger partial charge in [0.05, 0.1) is 12.2 Å². The van der Waals surface area contributed by atoms with E-state index in [4.69, 9.17) is 0 Å². The van der Waals surface area contributed by atoms with Gasteiger partial charge in [-0.05, 0) is 19.5 Å². The van der Waals surface area contributed by atoms with Crippen LogP contribution in [0.5, 0.6) is 0 Å². The van der Waals surface area contributed by atoms with Crippen LogP contribution in [-0.4, -0.2) is 40.4 Å². The highest BCUT2D eigenvalue weighted by Crippen LogP contribution is 2.04. The van der Waals surface area contributed by atoms with Crippen molar-refractivity contribution in [3.05, 3.63) is 60.2 Å². The zero-order valence-corrected chi connectivity index (χ0v) is 13.1. The molecule has 1 atom stereocenters. The molecule has 0 saturated carbocycles. The predicted molar refractivity (Wildman–Crippen MR) is 86.1 cm³/mol. The fraction of sp³-hybridized carbons (Fsp3) is 0.353. The highest BCUT2D eigenvalue weighted by molar-refractivity contribution is 5.78. The summed E-state index contributed by atoms with van der Waals surface area (Å²) in [7, 11) is 1.95. The van der Waals surface area contributed by atoms with Crippen LogP contribution in [0.1, 0.15) is 18.2 Å². The number of benzene rings is 1. The molecule has 5 heteroatoms. The van der Waals surface area contributed by atoms with Crippen LogP contribution in [0, 0.1) is 0 Å². The van der Waals surface area contributed by atoms with Gasteiger partial charge in [-0.2, -0.15) is 0 Å². The van der Waals surface area contributed by atoms with Crippen molar-refractivity contribution in [3.63, 3.8) is 0 Å². The molecule has 1 aromatic heterocycles. The van der Waals surface area contributed by atoms with E-state index in [2.05, 4.69) is 22.2 Å². The second-order valence-electron chi connectivity index (χ2n) is 5.43. The molecule has 1 N–H and O–H groups in total. The Balaban J connectivity index is 1.75. The monoisotopic (exact) mass is 298 g/mol. The lowest BCUT2D eigenvalue weighted by Gasteiger charge is -2.23. The molecule has 5 nitrogen and oxygen atoms in total. The van der Waals surface area contributed by atoms with Gasteiger partial charge in [-0.15, -0.1) is 0 Å². The zero-order valence-electron chi connectivity index (χ0n) is 13.1. The van der Waals surface area contributed by atoms with Gasteiger partial charge in [-0.3, -0.25) is 19.7 Å². The first-order valence-electron chi connectivity index (χ1n) is 7.41. The number of carbonyl (C=O) groups is 1. The highest BCUT2D eigenvalue weighted by Gasteiger charge is 2.14. The third kappa shape index (κ3) is 5.26. The molecule has 2 aromatic rings. The minimum absolute atomic E-state index is 0.0253. The van der Waals surface area contributed by atoms with Gasteiger partial charge in [0.2, 0.25) is 5.91 Å². The lowest BCUT2D eigenvalue weighted by Crippen LogP contribution is -2.40. The summed E-state index contributed by atoms with van der Waals surface area (Å²) in [5.41, 5.74) is 2.04. The molecular formula is C17H22N4O. The van der Waals surface area contributed by atoms with E-state index in [9.17, 15) is 4.79 Å². The van der Waals surface area contributed by atoms with E-state index >= 15 is 0 Å². The van der Waals surface area contributed by atoms with Crippen LogP contribution in [0.3, 0.4) is 0 Å². The summed E-state index contributed by atoms with van der Waals surface area (Å²) in [5, 5.41) is 2.94. The lowest BCUT2D eigenvalue weighted by atomic mass is 10.1. The molecule has 0 saturated heterocycles. The van der Waals surface area contributed by atoms with Gasteiger partial charge in [-0.1, -0.05) is 30.3 Å². The summed E-state index contributed by atoms with van der Waals surface area (Å²) in [6, 6.07) is 10.1. The van der Waals surface area contributed by atoms with Gasteiger partial charge >= 0.3 is 0 Å². The van der Waals surface area contributed by atoms with Gasteiger partial charge < -0.3 is 5.32 Å². The van der Waals surface area contributed by atoms with E-state index < -0.39 is 0 Å². The van der Waals surface area contributed by atoms with E-state index in [1.54, 1.807) is 18.6 Å². The van der Waals surface area contributed by atoms with Crippen LogP contribution < -0.4 is 5.32 Å². The molecule has 0 bridgehead atoms. The number of nitrogens with one attached hydrogen (secondary N) is 1. The Kier molecular flexibility index (Phi) is 6.03. The molecule has 22 heavy (non-hydrogen) atoms. The molecule has 0 radical (unpaired) electrons. The molecule has 0 spiro atoms. The number of rotatable bonds is 7. The largest absolute Gasteiger partial charge is 0.351 e. The van der Waals surface area contributed by atoms with E-state index in [0.717, 1.165) is 17.7 Å². The fourth-order valence-corrected chi connectivity index (χ4v) is 2.13. The second kappa shape index (κ2) is 8.24. The van der Waals surface area contributed by atoms with Crippen LogP contribution in [0.2, 0.25) is 0 Å². The molecule has 0 aliphatic carbocycles. The zero-order chi connectivity index (χ0) is 15.8.